The number of fused-ring (bicyclic) bond motifs is 2. The molecule has 5 aromatic rings. The minimum absolute atomic E-state index is 0.000922. The Kier molecular flexibility index (Phi) is 6.15. The fourth-order valence-electron chi connectivity index (χ4n) is 4.17. The standard InChI is InChI=1S/C25H17ClFN5O4S/c1-30-7-4-13-11-29-12-18(21(13)23(30)33)32-24(34)22-17(31(25(32)35)6-3-5-28)10-20(37-22)14-8-19(36-2)16(27)9-15(14)26/h4,7-12H,3,6H2,1-2H3. The van der Waals surface area contributed by atoms with Crippen LogP contribution in [0, 0.1) is 17.1 Å². The topological polar surface area (TPSA) is 112 Å². The molecule has 4 heterocycles. The predicted octanol–water partition coefficient (Wildman–Crippen LogP) is 3.84. The minimum atomic E-state index is -0.722. The average molecular weight is 538 g/mol. The quantitative estimate of drug-likeness (QED) is 0.337. The SMILES string of the molecule is COc1cc(-c2cc3c(s2)c(=O)n(-c2cncc4ccn(C)c(=O)c24)c(=O)n3CCC#N)c(Cl)cc1F. The maximum absolute atomic E-state index is 14.1. The van der Waals surface area contributed by atoms with Crippen molar-refractivity contribution < 1.29 is 9.13 Å². The predicted molar refractivity (Wildman–Crippen MR) is 139 cm³/mol. The monoisotopic (exact) mass is 537 g/mol. The van der Waals surface area contributed by atoms with Crippen molar-refractivity contribution in [2.75, 3.05) is 7.11 Å². The van der Waals surface area contributed by atoms with Crippen LogP contribution in [0.1, 0.15) is 6.42 Å². The number of halogens is 2. The number of aryl methyl sites for hydroxylation is 2. The molecule has 186 valence electrons. The summed E-state index contributed by atoms with van der Waals surface area (Å²) in [5, 5.41) is 9.91. The Labute approximate surface area is 216 Å². The Balaban J connectivity index is 1.88. The molecule has 0 aliphatic carbocycles. The molecule has 0 unspecified atom stereocenters. The molecule has 0 spiro atoms. The first-order valence-electron chi connectivity index (χ1n) is 10.9. The fourth-order valence-corrected chi connectivity index (χ4v) is 5.60. The van der Waals surface area contributed by atoms with Crippen LogP contribution in [0.25, 0.3) is 37.1 Å². The van der Waals surface area contributed by atoms with E-state index >= 15 is 0 Å². The van der Waals surface area contributed by atoms with E-state index < -0.39 is 22.6 Å². The summed E-state index contributed by atoms with van der Waals surface area (Å²) in [5.74, 6) is -0.676. The van der Waals surface area contributed by atoms with Gasteiger partial charge < -0.3 is 9.30 Å². The zero-order valence-electron chi connectivity index (χ0n) is 19.5. The molecule has 9 nitrogen and oxygen atoms in total. The maximum atomic E-state index is 14.1. The third-order valence-corrected chi connectivity index (χ3v) is 7.44. The van der Waals surface area contributed by atoms with Crippen LogP contribution < -0.4 is 21.5 Å². The lowest BCUT2D eigenvalue weighted by Gasteiger charge is -2.12. The Morgan fingerprint density at radius 1 is 1.19 bits per heavy atom. The first-order valence-corrected chi connectivity index (χ1v) is 12.1. The van der Waals surface area contributed by atoms with Crippen LogP contribution in [0.4, 0.5) is 4.39 Å². The zero-order valence-corrected chi connectivity index (χ0v) is 21.1. The Bertz CT molecular complexity index is 1950. The number of pyridine rings is 2. The summed E-state index contributed by atoms with van der Waals surface area (Å²) in [6, 6.07) is 7.80. The number of nitrogens with zero attached hydrogens (tertiary/aromatic N) is 5. The van der Waals surface area contributed by atoms with Gasteiger partial charge in [0.1, 0.15) is 4.70 Å². The molecule has 1 aromatic carbocycles. The van der Waals surface area contributed by atoms with Crippen molar-refractivity contribution in [3.05, 3.63) is 84.9 Å². The van der Waals surface area contributed by atoms with E-state index in [0.29, 0.717) is 21.3 Å². The van der Waals surface area contributed by atoms with Gasteiger partial charge in [-0.25, -0.2) is 13.8 Å². The van der Waals surface area contributed by atoms with Crippen molar-refractivity contribution in [2.45, 2.75) is 13.0 Å². The largest absolute Gasteiger partial charge is 0.494 e. The lowest BCUT2D eigenvalue weighted by molar-refractivity contribution is 0.387. The second-order valence-electron chi connectivity index (χ2n) is 8.13. The number of hydrogen-bond acceptors (Lipinski definition) is 7. The third kappa shape index (κ3) is 3.91. The van der Waals surface area contributed by atoms with Gasteiger partial charge in [-0.1, -0.05) is 11.6 Å². The van der Waals surface area contributed by atoms with Gasteiger partial charge in [-0.15, -0.1) is 11.3 Å². The summed E-state index contributed by atoms with van der Waals surface area (Å²) in [6.45, 7) is -0.00103. The molecule has 37 heavy (non-hydrogen) atoms. The van der Waals surface area contributed by atoms with Crippen LogP contribution in [0.3, 0.4) is 0 Å². The van der Waals surface area contributed by atoms with Crippen LogP contribution >= 0.6 is 22.9 Å². The van der Waals surface area contributed by atoms with Crippen molar-refractivity contribution in [3.63, 3.8) is 0 Å². The van der Waals surface area contributed by atoms with Gasteiger partial charge in [0.2, 0.25) is 0 Å². The second kappa shape index (κ2) is 9.31. The first kappa shape index (κ1) is 24.4. The number of aromatic nitrogens is 4. The van der Waals surface area contributed by atoms with Crippen molar-refractivity contribution in [1.29, 1.82) is 5.26 Å². The lowest BCUT2D eigenvalue weighted by atomic mass is 10.1. The van der Waals surface area contributed by atoms with Gasteiger partial charge in [-0.05, 0) is 24.3 Å². The van der Waals surface area contributed by atoms with Crippen molar-refractivity contribution in [3.8, 4) is 27.9 Å². The molecule has 0 saturated heterocycles. The van der Waals surface area contributed by atoms with Crippen LogP contribution in [-0.2, 0) is 13.6 Å². The molecule has 0 saturated carbocycles. The van der Waals surface area contributed by atoms with Gasteiger partial charge in [-0.2, -0.15) is 5.26 Å². The van der Waals surface area contributed by atoms with Gasteiger partial charge in [-0.3, -0.25) is 19.1 Å². The van der Waals surface area contributed by atoms with E-state index in [-0.39, 0.29) is 39.5 Å². The summed E-state index contributed by atoms with van der Waals surface area (Å²) in [5.41, 5.74) is -1.04. The van der Waals surface area contributed by atoms with Crippen molar-refractivity contribution >= 4 is 43.9 Å². The molecule has 12 heteroatoms. The molecule has 0 amide bonds. The number of methoxy groups -OCH3 is 1. The highest BCUT2D eigenvalue weighted by Gasteiger charge is 2.22. The average Bonchev–Trinajstić information content (AvgIpc) is 3.32. The minimum Gasteiger partial charge on any atom is -0.494 e. The Morgan fingerprint density at radius 2 is 1.97 bits per heavy atom. The van der Waals surface area contributed by atoms with Crippen molar-refractivity contribution in [1.82, 2.24) is 18.7 Å². The number of rotatable bonds is 5. The molecule has 0 fully saturated rings. The van der Waals surface area contributed by atoms with E-state index in [2.05, 4.69) is 4.98 Å². The smallest absolute Gasteiger partial charge is 0.336 e. The molecule has 0 aliphatic heterocycles. The Morgan fingerprint density at radius 3 is 2.70 bits per heavy atom. The Hall–Kier alpha value is -4.27. The third-order valence-electron chi connectivity index (χ3n) is 5.99. The summed E-state index contributed by atoms with van der Waals surface area (Å²) >= 11 is 7.36. The first-order chi connectivity index (χ1) is 17.8. The maximum Gasteiger partial charge on any atom is 0.336 e. The number of thiophene rings is 1. The zero-order chi connectivity index (χ0) is 26.4. The van der Waals surface area contributed by atoms with E-state index in [9.17, 15) is 24.0 Å². The van der Waals surface area contributed by atoms with Crippen LogP contribution in [0.5, 0.6) is 5.75 Å². The van der Waals surface area contributed by atoms with Crippen molar-refractivity contribution in [2.24, 2.45) is 7.05 Å². The molecule has 0 aliphatic rings. The number of hydrogen-bond donors (Lipinski definition) is 0. The molecule has 5 rings (SSSR count). The molecule has 0 atom stereocenters. The van der Waals surface area contributed by atoms with Gasteiger partial charge in [0.05, 0.1) is 47.4 Å². The van der Waals surface area contributed by atoms with Gasteiger partial charge in [0.15, 0.2) is 11.6 Å². The van der Waals surface area contributed by atoms with E-state index in [0.717, 1.165) is 22.0 Å². The summed E-state index contributed by atoms with van der Waals surface area (Å²) in [4.78, 5) is 45.1. The van der Waals surface area contributed by atoms with E-state index in [1.54, 1.807) is 25.4 Å². The van der Waals surface area contributed by atoms with Gasteiger partial charge in [0.25, 0.3) is 11.1 Å². The van der Waals surface area contributed by atoms with E-state index in [4.69, 9.17) is 16.3 Å². The summed E-state index contributed by atoms with van der Waals surface area (Å²) in [7, 11) is 2.89. The molecule has 0 bridgehead atoms. The van der Waals surface area contributed by atoms with Crippen LogP contribution in [-0.4, -0.2) is 25.8 Å². The highest BCUT2D eigenvalue weighted by molar-refractivity contribution is 7.22. The number of nitriles is 1. The lowest BCUT2D eigenvalue weighted by Crippen LogP contribution is -2.39. The highest BCUT2D eigenvalue weighted by Crippen LogP contribution is 2.39. The normalized spacial score (nSPS) is 11.2. The fraction of sp³-hybridized carbons (Fsp3) is 0.160. The number of benzene rings is 1. The van der Waals surface area contributed by atoms with Gasteiger partial charge >= 0.3 is 5.69 Å². The van der Waals surface area contributed by atoms with Gasteiger partial charge in [0, 0.05) is 41.8 Å². The van der Waals surface area contributed by atoms with Crippen LogP contribution in [0.15, 0.2) is 57.2 Å². The summed E-state index contributed by atoms with van der Waals surface area (Å²) in [6.07, 6.45) is 4.34. The molecular formula is C25H17ClFN5O4S. The van der Waals surface area contributed by atoms with E-state index in [1.165, 1.54) is 34.7 Å². The summed E-state index contributed by atoms with van der Waals surface area (Å²) < 4.78 is 23.0. The molecular weight excluding hydrogens is 521 g/mol. The van der Waals surface area contributed by atoms with Crippen LogP contribution in [0.2, 0.25) is 5.02 Å². The molecule has 0 N–H and O–H groups in total. The molecule has 0 radical (unpaired) electrons. The number of ether oxygens (including phenoxy) is 1. The second-order valence-corrected chi connectivity index (χ2v) is 9.59. The highest BCUT2D eigenvalue weighted by atomic mass is 35.5. The van der Waals surface area contributed by atoms with E-state index in [1.807, 2.05) is 6.07 Å². The molecule has 4 aromatic heterocycles.